The molecule has 5 heteroatoms. The second kappa shape index (κ2) is 22.1. The summed E-state index contributed by atoms with van der Waals surface area (Å²) in [5, 5.41) is 10.2. The van der Waals surface area contributed by atoms with Crippen LogP contribution in [0.15, 0.2) is 103 Å². The average molecular weight is 676 g/mol. The van der Waals surface area contributed by atoms with Gasteiger partial charge in [0.05, 0.1) is 25.9 Å². The standard InChI is InChI=1S/C41H45NO4.2C2H6/c1-7-12-37(30(5)28(3)23-29(4)36-19-17-33(38(43)8-2)25-41(36)44-6)32-18-20-39(35(24-32)26-42)46-40-21-22-45-27-34(40)16-15-31-13-10-9-11-14-31;2*1-2/h7,9-14,17-20,23-25,34,40H,3,8,15-16,21-22,27H2,1-2,4-6H3;2*1-2H3/b12-7-,29-23+,37-30+;;. The van der Waals surface area contributed by atoms with E-state index in [2.05, 4.69) is 36.9 Å². The van der Waals surface area contributed by atoms with E-state index in [1.165, 1.54) is 5.56 Å². The number of rotatable bonds is 13. The predicted molar refractivity (Wildman–Crippen MR) is 210 cm³/mol. The number of methoxy groups -OCH3 is 1. The van der Waals surface area contributed by atoms with Crippen molar-refractivity contribution in [2.45, 2.75) is 87.2 Å². The number of Topliss-reactive ketones (excluding diaryl/α,β-unsaturated/α-hetero) is 1. The lowest BCUT2D eigenvalue weighted by molar-refractivity contribution is -0.0264. The maximum Gasteiger partial charge on any atom is 0.162 e. The lowest BCUT2D eigenvalue weighted by Gasteiger charge is -2.32. The van der Waals surface area contributed by atoms with Crippen LogP contribution in [0, 0.1) is 17.2 Å². The number of benzene rings is 3. The summed E-state index contributed by atoms with van der Waals surface area (Å²) in [4.78, 5) is 12.2. The minimum absolute atomic E-state index is 0.0123. The van der Waals surface area contributed by atoms with Crippen molar-refractivity contribution in [1.82, 2.24) is 0 Å². The smallest absolute Gasteiger partial charge is 0.162 e. The topological polar surface area (TPSA) is 68.6 Å². The van der Waals surface area contributed by atoms with Crippen molar-refractivity contribution in [3.8, 4) is 17.6 Å². The van der Waals surface area contributed by atoms with Gasteiger partial charge in [0.15, 0.2) is 5.78 Å². The van der Waals surface area contributed by atoms with Crippen LogP contribution >= 0.6 is 0 Å². The Labute approximate surface area is 302 Å². The molecule has 4 rings (SSSR count). The highest BCUT2D eigenvalue weighted by Gasteiger charge is 2.28. The molecule has 1 fully saturated rings. The van der Waals surface area contributed by atoms with E-state index >= 15 is 0 Å². The van der Waals surface area contributed by atoms with E-state index in [4.69, 9.17) is 14.2 Å². The maximum absolute atomic E-state index is 12.2. The molecule has 1 aliphatic heterocycles. The lowest BCUT2D eigenvalue weighted by atomic mass is 9.91. The first-order chi connectivity index (χ1) is 24.3. The van der Waals surface area contributed by atoms with Gasteiger partial charge in [0.2, 0.25) is 0 Å². The van der Waals surface area contributed by atoms with Crippen LogP contribution in [0.1, 0.15) is 107 Å². The van der Waals surface area contributed by atoms with E-state index in [0.29, 0.717) is 42.3 Å². The minimum atomic E-state index is -0.0123. The van der Waals surface area contributed by atoms with Gasteiger partial charge in [-0.25, -0.2) is 0 Å². The Morgan fingerprint density at radius 2 is 1.70 bits per heavy atom. The molecule has 1 heterocycles. The van der Waals surface area contributed by atoms with Crippen LogP contribution in [0.3, 0.4) is 0 Å². The molecule has 0 amide bonds. The highest BCUT2D eigenvalue weighted by Crippen LogP contribution is 2.34. The van der Waals surface area contributed by atoms with Crippen molar-refractivity contribution in [3.05, 3.63) is 131 Å². The normalized spacial score (nSPS) is 16.1. The van der Waals surface area contributed by atoms with Gasteiger partial charge in [-0.3, -0.25) is 4.79 Å². The average Bonchev–Trinajstić information content (AvgIpc) is 3.17. The summed E-state index contributed by atoms with van der Waals surface area (Å²) in [6.07, 6.45) is 9.21. The van der Waals surface area contributed by atoms with Crippen LogP contribution in [0.25, 0.3) is 11.1 Å². The Hall–Kier alpha value is -4.66. The van der Waals surface area contributed by atoms with E-state index < -0.39 is 0 Å². The quantitative estimate of drug-likeness (QED) is 0.133. The molecule has 0 aliphatic carbocycles. The summed E-state index contributed by atoms with van der Waals surface area (Å²) >= 11 is 0. The minimum Gasteiger partial charge on any atom is -0.496 e. The summed E-state index contributed by atoms with van der Waals surface area (Å²) in [6, 6.07) is 24.3. The molecule has 0 spiro atoms. The summed E-state index contributed by atoms with van der Waals surface area (Å²) < 4.78 is 18.0. The van der Waals surface area contributed by atoms with Gasteiger partial charge in [-0.1, -0.05) is 108 Å². The number of carbonyl (C=O) groups excluding carboxylic acids is 1. The van der Waals surface area contributed by atoms with Crippen LogP contribution < -0.4 is 9.47 Å². The first kappa shape index (κ1) is 41.5. The third-order valence-corrected chi connectivity index (χ3v) is 8.62. The van der Waals surface area contributed by atoms with Crippen molar-refractivity contribution >= 4 is 16.9 Å². The highest BCUT2D eigenvalue weighted by molar-refractivity contribution is 5.97. The van der Waals surface area contributed by atoms with Crippen LogP contribution in [0.5, 0.6) is 11.5 Å². The number of hydrogen-bond donors (Lipinski definition) is 0. The van der Waals surface area contributed by atoms with Gasteiger partial charge >= 0.3 is 0 Å². The summed E-state index contributed by atoms with van der Waals surface area (Å²) in [7, 11) is 1.61. The van der Waals surface area contributed by atoms with E-state index in [1.54, 1.807) is 13.2 Å². The molecule has 0 radical (unpaired) electrons. The second-order valence-corrected chi connectivity index (χ2v) is 11.7. The molecule has 3 aromatic rings. The van der Waals surface area contributed by atoms with Gasteiger partial charge in [-0.2, -0.15) is 5.26 Å². The molecule has 50 heavy (non-hydrogen) atoms. The zero-order valence-corrected chi connectivity index (χ0v) is 31.8. The fraction of sp³-hybridized carbons (Fsp3) is 0.378. The van der Waals surface area contributed by atoms with Crippen molar-refractivity contribution < 1.29 is 19.0 Å². The van der Waals surface area contributed by atoms with Crippen molar-refractivity contribution in [2.24, 2.45) is 5.92 Å². The lowest BCUT2D eigenvalue weighted by Crippen LogP contribution is -2.36. The van der Waals surface area contributed by atoms with E-state index in [1.807, 2.05) is 110 Å². The van der Waals surface area contributed by atoms with Gasteiger partial charge in [-0.05, 0) is 85.2 Å². The Morgan fingerprint density at radius 3 is 2.34 bits per heavy atom. The van der Waals surface area contributed by atoms with Gasteiger partial charge in [-0.15, -0.1) is 0 Å². The summed E-state index contributed by atoms with van der Waals surface area (Å²) in [5.74, 6) is 1.58. The number of allylic oxidation sites excluding steroid dienone is 7. The van der Waals surface area contributed by atoms with Gasteiger partial charge < -0.3 is 14.2 Å². The molecule has 1 aliphatic rings. The molecule has 0 bridgehead atoms. The van der Waals surface area contributed by atoms with Crippen LogP contribution in [0.2, 0.25) is 0 Å². The third kappa shape index (κ3) is 11.5. The molecule has 0 saturated carbocycles. The fourth-order valence-corrected chi connectivity index (χ4v) is 5.87. The molecule has 0 aromatic heterocycles. The van der Waals surface area contributed by atoms with E-state index in [0.717, 1.165) is 52.7 Å². The first-order valence-corrected chi connectivity index (χ1v) is 18.0. The number of hydrogen-bond acceptors (Lipinski definition) is 5. The van der Waals surface area contributed by atoms with E-state index in [-0.39, 0.29) is 17.8 Å². The van der Waals surface area contributed by atoms with Crippen LogP contribution in [-0.4, -0.2) is 32.2 Å². The maximum atomic E-state index is 12.2. The van der Waals surface area contributed by atoms with E-state index in [9.17, 15) is 10.1 Å². The molecule has 2 atom stereocenters. The summed E-state index contributed by atoms with van der Waals surface area (Å²) in [5.41, 5.74) is 8.03. The number of nitriles is 1. The fourth-order valence-electron chi connectivity index (χ4n) is 5.87. The predicted octanol–water partition coefficient (Wildman–Crippen LogP) is 11.6. The zero-order valence-electron chi connectivity index (χ0n) is 31.8. The third-order valence-electron chi connectivity index (χ3n) is 8.62. The monoisotopic (exact) mass is 675 g/mol. The van der Waals surface area contributed by atoms with Crippen molar-refractivity contribution in [3.63, 3.8) is 0 Å². The Bertz CT molecular complexity index is 1670. The van der Waals surface area contributed by atoms with Gasteiger partial charge in [0.25, 0.3) is 0 Å². The molecular weight excluding hydrogens is 618 g/mol. The number of aryl methyl sites for hydroxylation is 1. The van der Waals surface area contributed by atoms with Crippen LogP contribution in [0.4, 0.5) is 0 Å². The number of nitrogens with zero attached hydrogens (tertiary/aromatic N) is 1. The SMILES string of the molecule is C=C(/C=C(\C)c1ccc(C(=O)CC)cc1OC)/C(C)=C(\C=C/C)c1ccc(OC2CCOCC2CCc2ccccc2)c(C#N)c1.CC.CC. The molecule has 0 N–H and O–H groups in total. The molecule has 1 saturated heterocycles. The first-order valence-electron chi connectivity index (χ1n) is 18.0. The number of ether oxygens (including phenoxy) is 3. The largest absolute Gasteiger partial charge is 0.496 e. The van der Waals surface area contributed by atoms with Crippen molar-refractivity contribution in [1.29, 1.82) is 5.26 Å². The van der Waals surface area contributed by atoms with Gasteiger partial charge in [0, 0.05) is 29.9 Å². The zero-order chi connectivity index (χ0) is 37.1. The second-order valence-electron chi connectivity index (χ2n) is 11.7. The Balaban J connectivity index is 0.00000209. The molecule has 5 nitrogen and oxygen atoms in total. The molecule has 266 valence electrons. The Kier molecular flexibility index (Phi) is 18.4. The summed E-state index contributed by atoms with van der Waals surface area (Å²) in [6.45, 7) is 21.6. The highest BCUT2D eigenvalue weighted by atomic mass is 16.5. The van der Waals surface area contributed by atoms with Gasteiger partial charge in [0.1, 0.15) is 23.7 Å². The molecule has 3 aromatic carbocycles. The number of carbonyl (C=O) groups is 1. The van der Waals surface area contributed by atoms with Crippen molar-refractivity contribution in [2.75, 3.05) is 20.3 Å². The molecule has 2 unspecified atom stereocenters. The molecular formula is C45H57NO4. The Morgan fingerprint density at radius 1 is 1.00 bits per heavy atom. The number of ketones is 1. The van der Waals surface area contributed by atoms with Crippen LogP contribution in [-0.2, 0) is 11.2 Å².